The Hall–Kier alpha value is -1.42. The van der Waals surface area contributed by atoms with E-state index in [1.165, 1.54) is 0 Å². The van der Waals surface area contributed by atoms with E-state index in [4.69, 9.17) is 29.4 Å². The van der Waals surface area contributed by atoms with Crippen LogP contribution in [0.15, 0.2) is 0 Å². The summed E-state index contributed by atoms with van der Waals surface area (Å²) in [6.45, 7) is 10.5. The van der Waals surface area contributed by atoms with Crippen LogP contribution in [0.3, 0.4) is 0 Å². The smallest absolute Gasteiger partial charge is 0.408 e. The van der Waals surface area contributed by atoms with Crippen LogP contribution in [-0.2, 0) is 28.5 Å². The molecule has 0 aromatic rings. The molecule has 0 bridgehead atoms. The van der Waals surface area contributed by atoms with E-state index in [9.17, 15) is 9.59 Å². The summed E-state index contributed by atoms with van der Waals surface area (Å²) in [7, 11) is 1.63. The third kappa shape index (κ3) is 4.17. The van der Waals surface area contributed by atoms with Crippen LogP contribution in [-0.4, -0.2) is 73.0 Å². The molecule has 3 N–H and O–H groups in total. The standard InChI is InChI=1S/C22H36N2O7/c1-11(2)15(18(23)25)24-19(26)29-12-7-8-22(10-28-22)17(16(12)27-6)21(5)14(31-21)9-13-20(3,4)30-13/h11-17H,7-10H2,1-6H3,(H2,23,25)(H,24,26)/t12-,13-,14-,15-,16-,17-,21+,22+/m1/s1. The Kier molecular flexibility index (Phi) is 5.56. The molecular weight excluding hydrogens is 404 g/mol. The number of nitrogens with two attached hydrogens (primary N) is 1. The van der Waals surface area contributed by atoms with Gasteiger partial charge in [-0.3, -0.25) is 4.79 Å². The highest BCUT2D eigenvalue weighted by molar-refractivity contribution is 5.84. The lowest BCUT2D eigenvalue weighted by molar-refractivity contribution is -0.123. The van der Waals surface area contributed by atoms with E-state index in [1.807, 2.05) is 13.8 Å². The summed E-state index contributed by atoms with van der Waals surface area (Å²) in [6, 6.07) is -0.790. The molecule has 8 atom stereocenters. The zero-order valence-corrected chi connectivity index (χ0v) is 19.3. The number of alkyl carbamates (subject to hydrolysis) is 1. The molecule has 4 aliphatic rings. The summed E-state index contributed by atoms with van der Waals surface area (Å²) in [5, 5.41) is 2.60. The third-order valence-corrected chi connectivity index (χ3v) is 7.59. The summed E-state index contributed by atoms with van der Waals surface area (Å²) in [5.74, 6) is -0.798. The SMILES string of the molecule is CO[C@@H]1[C@H](OC(=O)N[C@@H](C(N)=O)C(C)C)CC[C@]2(CO2)[C@H]1[C@@]1(C)O[C@@H]1C[C@H]1OC1(C)C. The maximum atomic E-state index is 12.6. The number of carbonyl (C=O) groups excluding carboxylic acids is 2. The maximum Gasteiger partial charge on any atom is 0.408 e. The van der Waals surface area contributed by atoms with E-state index in [1.54, 1.807) is 7.11 Å². The highest BCUT2D eigenvalue weighted by atomic mass is 16.6. The van der Waals surface area contributed by atoms with Crippen molar-refractivity contribution in [2.24, 2.45) is 17.6 Å². The number of ether oxygens (including phenoxy) is 5. The van der Waals surface area contributed by atoms with E-state index in [-0.39, 0.29) is 41.3 Å². The van der Waals surface area contributed by atoms with Gasteiger partial charge in [0.15, 0.2) is 0 Å². The predicted octanol–water partition coefficient (Wildman–Crippen LogP) is 1.51. The number of epoxide rings is 3. The molecule has 176 valence electrons. The van der Waals surface area contributed by atoms with Crippen molar-refractivity contribution >= 4 is 12.0 Å². The van der Waals surface area contributed by atoms with Crippen LogP contribution in [0.2, 0.25) is 0 Å². The first-order chi connectivity index (χ1) is 14.4. The number of methoxy groups -OCH3 is 1. The second-order valence-electron chi connectivity index (χ2n) is 10.5. The molecule has 4 rings (SSSR count). The number of amides is 2. The summed E-state index contributed by atoms with van der Waals surface area (Å²) < 4.78 is 29.5. The fourth-order valence-electron chi connectivity index (χ4n) is 5.45. The topological polar surface area (TPSA) is 128 Å². The van der Waals surface area contributed by atoms with Gasteiger partial charge in [-0.15, -0.1) is 0 Å². The molecular formula is C22H36N2O7. The van der Waals surface area contributed by atoms with Gasteiger partial charge < -0.3 is 34.7 Å². The van der Waals surface area contributed by atoms with Crippen LogP contribution in [0.1, 0.15) is 53.9 Å². The van der Waals surface area contributed by atoms with Crippen molar-refractivity contribution in [2.75, 3.05) is 13.7 Å². The lowest BCUT2D eigenvalue weighted by Crippen LogP contribution is -2.57. The van der Waals surface area contributed by atoms with Crippen molar-refractivity contribution in [1.29, 1.82) is 0 Å². The van der Waals surface area contributed by atoms with Crippen LogP contribution in [0, 0.1) is 11.8 Å². The van der Waals surface area contributed by atoms with Crippen molar-refractivity contribution in [3.8, 4) is 0 Å². The van der Waals surface area contributed by atoms with Gasteiger partial charge in [-0.05, 0) is 39.5 Å². The molecule has 9 heteroatoms. The second kappa shape index (κ2) is 7.57. The van der Waals surface area contributed by atoms with Gasteiger partial charge in [0.25, 0.3) is 0 Å². The van der Waals surface area contributed by atoms with Gasteiger partial charge in [0.1, 0.15) is 29.5 Å². The van der Waals surface area contributed by atoms with E-state index in [0.29, 0.717) is 13.0 Å². The van der Waals surface area contributed by atoms with Crippen LogP contribution in [0.4, 0.5) is 4.79 Å². The van der Waals surface area contributed by atoms with Crippen molar-refractivity contribution in [3.63, 3.8) is 0 Å². The van der Waals surface area contributed by atoms with Crippen molar-refractivity contribution in [3.05, 3.63) is 0 Å². The maximum absolute atomic E-state index is 12.6. The molecule has 1 saturated carbocycles. The Morgan fingerprint density at radius 2 is 1.84 bits per heavy atom. The van der Waals surface area contributed by atoms with Gasteiger partial charge in [0.05, 0.1) is 30.3 Å². The van der Waals surface area contributed by atoms with Gasteiger partial charge >= 0.3 is 6.09 Å². The largest absolute Gasteiger partial charge is 0.443 e. The highest BCUT2D eigenvalue weighted by Gasteiger charge is 2.73. The molecule has 0 unspecified atom stereocenters. The number of primary amides is 1. The fraction of sp³-hybridized carbons (Fsp3) is 0.909. The van der Waals surface area contributed by atoms with Crippen LogP contribution >= 0.6 is 0 Å². The molecule has 4 fully saturated rings. The van der Waals surface area contributed by atoms with Crippen molar-refractivity contribution in [2.45, 2.75) is 101 Å². The minimum Gasteiger partial charge on any atom is -0.443 e. The van der Waals surface area contributed by atoms with Gasteiger partial charge in [-0.2, -0.15) is 0 Å². The average Bonchev–Trinajstić information content (AvgIpc) is 3.62. The van der Waals surface area contributed by atoms with Crippen LogP contribution in [0.5, 0.6) is 0 Å². The Morgan fingerprint density at radius 1 is 1.19 bits per heavy atom. The molecule has 2 amide bonds. The molecule has 1 aliphatic carbocycles. The molecule has 1 spiro atoms. The predicted molar refractivity (Wildman–Crippen MR) is 110 cm³/mol. The Morgan fingerprint density at radius 3 is 2.32 bits per heavy atom. The van der Waals surface area contributed by atoms with Crippen molar-refractivity contribution in [1.82, 2.24) is 5.32 Å². The Labute approximate surface area is 183 Å². The zero-order chi connectivity index (χ0) is 22.8. The number of hydrogen-bond acceptors (Lipinski definition) is 7. The lowest BCUT2D eigenvalue weighted by Gasteiger charge is -2.42. The summed E-state index contributed by atoms with van der Waals surface area (Å²) in [6.07, 6.45) is 0.934. The van der Waals surface area contributed by atoms with E-state index < -0.39 is 29.7 Å². The molecule has 31 heavy (non-hydrogen) atoms. The molecule has 3 saturated heterocycles. The van der Waals surface area contributed by atoms with Gasteiger partial charge in [-0.25, -0.2) is 4.79 Å². The molecule has 3 heterocycles. The van der Waals surface area contributed by atoms with E-state index in [2.05, 4.69) is 26.1 Å². The van der Waals surface area contributed by atoms with Gasteiger partial charge in [0.2, 0.25) is 5.91 Å². The van der Waals surface area contributed by atoms with Crippen LogP contribution < -0.4 is 11.1 Å². The number of nitrogens with one attached hydrogen (secondary N) is 1. The number of rotatable bonds is 8. The third-order valence-electron chi connectivity index (χ3n) is 7.59. The normalized spacial score (nSPS) is 43.4. The Bertz CT molecular complexity index is 737. The average molecular weight is 441 g/mol. The first-order valence-corrected chi connectivity index (χ1v) is 11.2. The first-order valence-electron chi connectivity index (χ1n) is 11.2. The lowest BCUT2D eigenvalue weighted by atomic mass is 9.68. The van der Waals surface area contributed by atoms with E-state index >= 15 is 0 Å². The molecule has 0 aromatic heterocycles. The molecule has 9 nitrogen and oxygen atoms in total. The highest BCUT2D eigenvalue weighted by Crippen LogP contribution is 2.60. The molecule has 0 aromatic carbocycles. The minimum atomic E-state index is -0.790. The quantitative estimate of drug-likeness (QED) is 0.548. The second-order valence-corrected chi connectivity index (χ2v) is 10.5. The number of carbonyl (C=O) groups is 2. The van der Waals surface area contributed by atoms with E-state index in [0.717, 1.165) is 12.8 Å². The molecule has 0 radical (unpaired) electrons. The van der Waals surface area contributed by atoms with Crippen molar-refractivity contribution < 1.29 is 33.3 Å². The summed E-state index contributed by atoms with van der Waals surface area (Å²) in [5.41, 5.74) is 4.59. The summed E-state index contributed by atoms with van der Waals surface area (Å²) >= 11 is 0. The Balaban J connectivity index is 1.44. The fourth-order valence-corrected chi connectivity index (χ4v) is 5.45. The number of hydrogen-bond donors (Lipinski definition) is 2. The minimum absolute atomic E-state index is 0.0516. The zero-order valence-electron chi connectivity index (χ0n) is 19.3. The van der Waals surface area contributed by atoms with Gasteiger partial charge in [-0.1, -0.05) is 13.8 Å². The summed E-state index contributed by atoms with van der Waals surface area (Å²) in [4.78, 5) is 24.2. The molecule has 3 aliphatic heterocycles. The van der Waals surface area contributed by atoms with Crippen LogP contribution in [0.25, 0.3) is 0 Å². The monoisotopic (exact) mass is 440 g/mol. The first kappa shape index (κ1) is 22.8. The van der Waals surface area contributed by atoms with Gasteiger partial charge in [0, 0.05) is 13.5 Å².